The van der Waals surface area contributed by atoms with Crippen LogP contribution in [0.1, 0.15) is 47.1 Å². The number of carbonyl (C=O) groups excluding carboxylic acids is 3. The third-order valence-corrected chi connectivity index (χ3v) is 5.13. The summed E-state index contributed by atoms with van der Waals surface area (Å²) < 4.78 is 11.2. The minimum atomic E-state index is -1.47. The van der Waals surface area contributed by atoms with Crippen molar-refractivity contribution in [2.75, 3.05) is 4.90 Å². The zero-order valence-electron chi connectivity index (χ0n) is 21.7. The lowest BCUT2D eigenvalue weighted by atomic mass is 10.1. The van der Waals surface area contributed by atoms with Crippen molar-refractivity contribution in [2.45, 2.75) is 65.3 Å². The quantitative estimate of drug-likeness (QED) is 0.337. The van der Waals surface area contributed by atoms with Crippen LogP contribution in [0.5, 0.6) is 0 Å². The molecule has 1 heterocycles. The second kappa shape index (κ2) is 10.4. The Morgan fingerprint density at radius 1 is 0.946 bits per heavy atom. The summed E-state index contributed by atoms with van der Waals surface area (Å²) in [6.45, 7) is 10.2. The molecule has 2 aromatic rings. The van der Waals surface area contributed by atoms with Crippen LogP contribution in [0.2, 0.25) is 0 Å². The summed E-state index contributed by atoms with van der Waals surface area (Å²) in [6.07, 6.45) is 0. The number of hydrogen-bond donors (Lipinski definition) is 1. The molecule has 1 atom stereocenters. The Balaban J connectivity index is 2.14. The van der Waals surface area contributed by atoms with Crippen LogP contribution >= 0.6 is 0 Å². The standard InChI is InChI=1S/C27H31N3O7/c1-26(2,3)36-24(32)20-21(28-16-17-10-8-7-9-11-17)23(31)29(22(20)25(33)37-27(4,5)6)18-12-14-19(15-13-18)30(34)35/h7-15,22,28H,16H2,1-6H3. The molecule has 0 spiro atoms. The van der Waals surface area contributed by atoms with Gasteiger partial charge in [0.1, 0.15) is 22.5 Å². The molecule has 2 aromatic carbocycles. The SMILES string of the molecule is CC(C)(C)OC(=O)C1=C(NCc2ccccc2)C(=O)N(c2ccc([N+](=O)[O-])cc2)C1C(=O)OC(C)(C)C. The number of nitro benzene ring substituents is 1. The zero-order chi connectivity index (χ0) is 27.5. The highest BCUT2D eigenvalue weighted by Crippen LogP contribution is 2.34. The molecule has 0 bridgehead atoms. The van der Waals surface area contributed by atoms with Gasteiger partial charge in [0, 0.05) is 24.4 Å². The van der Waals surface area contributed by atoms with Gasteiger partial charge in [0.2, 0.25) is 0 Å². The Bertz CT molecular complexity index is 1220. The largest absolute Gasteiger partial charge is 0.458 e. The van der Waals surface area contributed by atoms with E-state index in [1.165, 1.54) is 24.3 Å². The number of esters is 2. The van der Waals surface area contributed by atoms with E-state index in [2.05, 4.69) is 5.32 Å². The molecule has 1 N–H and O–H groups in total. The van der Waals surface area contributed by atoms with E-state index in [0.717, 1.165) is 10.5 Å². The number of rotatable bonds is 7. The van der Waals surface area contributed by atoms with Gasteiger partial charge in [-0.15, -0.1) is 0 Å². The highest BCUT2D eigenvalue weighted by molar-refractivity contribution is 6.20. The average Bonchev–Trinajstić information content (AvgIpc) is 3.08. The number of carbonyl (C=O) groups is 3. The van der Waals surface area contributed by atoms with Gasteiger partial charge < -0.3 is 14.8 Å². The van der Waals surface area contributed by atoms with Gasteiger partial charge in [0.25, 0.3) is 11.6 Å². The maximum atomic E-state index is 13.8. The van der Waals surface area contributed by atoms with E-state index in [-0.39, 0.29) is 29.2 Å². The van der Waals surface area contributed by atoms with Crippen molar-refractivity contribution in [3.05, 3.63) is 81.5 Å². The van der Waals surface area contributed by atoms with Crippen LogP contribution in [-0.2, 0) is 30.4 Å². The highest BCUT2D eigenvalue weighted by atomic mass is 16.6. The van der Waals surface area contributed by atoms with E-state index in [1.807, 2.05) is 30.3 Å². The fraction of sp³-hybridized carbons (Fsp3) is 0.370. The third-order valence-electron chi connectivity index (χ3n) is 5.13. The number of benzene rings is 2. The van der Waals surface area contributed by atoms with Gasteiger partial charge in [0.15, 0.2) is 6.04 Å². The monoisotopic (exact) mass is 509 g/mol. The van der Waals surface area contributed by atoms with Crippen LogP contribution < -0.4 is 10.2 Å². The number of ether oxygens (including phenoxy) is 2. The Kier molecular flexibility index (Phi) is 7.71. The predicted molar refractivity (Wildman–Crippen MR) is 136 cm³/mol. The second-order valence-electron chi connectivity index (χ2n) is 10.5. The molecule has 1 aliphatic rings. The Morgan fingerprint density at radius 2 is 1.51 bits per heavy atom. The molecule has 0 radical (unpaired) electrons. The van der Waals surface area contributed by atoms with Crippen LogP contribution in [0.25, 0.3) is 0 Å². The van der Waals surface area contributed by atoms with Gasteiger partial charge in [-0.1, -0.05) is 30.3 Å². The van der Waals surface area contributed by atoms with Crippen molar-refractivity contribution in [1.82, 2.24) is 5.32 Å². The fourth-order valence-corrected chi connectivity index (χ4v) is 3.70. The van der Waals surface area contributed by atoms with E-state index < -0.39 is 40.0 Å². The summed E-state index contributed by atoms with van der Waals surface area (Å²) in [5.74, 6) is -2.35. The fourth-order valence-electron chi connectivity index (χ4n) is 3.70. The first-order valence-electron chi connectivity index (χ1n) is 11.7. The summed E-state index contributed by atoms with van der Waals surface area (Å²) in [5, 5.41) is 14.2. The molecule has 3 rings (SSSR count). The molecule has 0 aromatic heterocycles. The lowest BCUT2D eigenvalue weighted by Gasteiger charge is -2.29. The maximum Gasteiger partial charge on any atom is 0.339 e. The van der Waals surface area contributed by atoms with Gasteiger partial charge in [-0.3, -0.25) is 19.8 Å². The van der Waals surface area contributed by atoms with Crippen LogP contribution in [0.4, 0.5) is 11.4 Å². The van der Waals surface area contributed by atoms with Crippen LogP contribution in [0.15, 0.2) is 65.9 Å². The van der Waals surface area contributed by atoms with Crippen LogP contribution in [0, 0.1) is 10.1 Å². The Morgan fingerprint density at radius 3 is 2.03 bits per heavy atom. The molecule has 0 aliphatic carbocycles. The maximum absolute atomic E-state index is 13.8. The topological polar surface area (TPSA) is 128 Å². The van der Waals surface area contributed by atoms with E-state index in [0.29, 0.717) is 0 Å². The van der Waals surface area contributed by atoms with E-state index in [4.69, 9.17) is 9.47 Å². The third kappa shape index (κ3) is 6.72. The molecule has 1 aliphatic heterocycles. The Hall–Kier alpha value is -4.21. The second-order valence-corrected chi connectivity index (χ2v) is 10.5. The molecule has 0 saturated carbocycles. The van der Waals surface area contributed by atoms with Gasteiger partial charge >= 0.3 is 11.9 Å². The smallest absolute Gasteiger partial charge is 0.339 e. The lowest BCUT2D eigenvalue weighted by molar-refractivity contribution is -0.384. The van der Waals surface area contributed by atoms with Gasteiger partial charge in [-0.25, -0.2) is 9.59 Å². The van der Waals surface area contributed by atoms with E-state index in [9.17, 15) is 24.5 Å². The zero-order valence-corrected chi connectivity index (χ0v) is 21.7. The number of nitrogens with one attached hydrogen (secondary N) is 1. The van der Waals surface area contributed by atoms with Gasteiger partial charge in [-0.05, 0) is 59.2 Å². The summed E-state index contributed by atoms with van der Waals surface area (Å²) in [7, 11) is 0. The minimum Gasteiger partial charge on any atom is -0.458 e. The van der Waals surface area contributed by atoms with Crippen LogP contribution in [0.3, 0.4) is 0 Å². The summed E-state index contributed by atoms with van der Waals surface area (Å²) in [6, 6.07) is 12.9. The lowest BCUT2D eigenvalue weighted by Crippen LogP contribution is -2.46. The first-order chi connectivity index (χ1) is 17.2. The van der Waals surface area contributed by atoms with Gasteiger partial charge in [0.05, 0.1) is 4.92 Å². The molecule has 10 nitrogen and oxygen atoms in total. The minimum absolute atomic E-state index is 0.104. The number of amides is 1. The van der Waals surface area contributed by atoms with Crippen molar-refractivity contribution < 1.29 is 28.8 Å². The molecular formula is C27H31N3O7. The predicted octanol–water partition coefficient (Wildman–Crippen LogP) is 4.04. The Labute approximate surface area is 215 Å². The molecule has 10 heteroatoms. The summed E-state index contributed by atoms with van der Waals surface area (Å²) >= 11 is 0. The number of nitrogens with zero attached hydrogens (tertiary/aromatic N) is 2. The van der Waals surface area contributed by atoms with Crippen molar-refractivity contribution in [3.8, 4) is 0 Å². The highest BCUT2D eigenvalue weighted by Gasteiger charge is 2.50. The molecule has 0 fully saturated rings. The summed E-state index contributed by atoms with van der Waals surface area (Å²) in [4.78, 5) is 52.3. The normalized spacial score (nSPS) is 16.0. The van der Waals surface area contributed by atoms with E-state index in [1.54, 1.807) is 41.5 Å². The number of anilines is 1. The van der Waals surface area contributed by atoms with Gasteiger partial charge in [-0.2, -0.15) is 0 Å². The number of non-ortho nitro benzene ring substituents is 1. The molecule has 37 heavy (non-hydrogen) atoms. The van der Waals surface area contributed by atoms with Crippen molar-refractivity contribution in [1.29, 1.82) is 0 Å². The molecule has 196 valence electrons. The molecule has 1 amide bonds. The van der Waals surface area contributed by atoms with E-state index >= 15 is 0 Å². The molecule has 0 saturated heterocycles. The first kappa shape index (κ1) is 27.4. The number of hydrogen-bond acceptors (Lipinski definition) is 8. The first-order valence-corrected chi connectivity index (χ1v) is 11.7. The van der Waals surface area contributed by atoms with Crippen molar-refractivity contribution >= 4 is 29.2 Å². The number of nitro groups is 1. The molecular weight excluding hydrogens is 478 g/mol. The van der Waals surface area contributed by atoms with Crippen molar-refractivity contribution in [2.24, 2.45) is 0 Å². The molecule has 1 unspecified atom stereocenters. The van der Waals surface area contributed by atoms with Crippen LogP contribution in [-0.4, -0.2) is 40.0 Å². The summed E-state index contributed by atoms with van der Waals surface area (Å²) in [5.41, 5.74) is -1.28. The average molecular weight is 510 g/mol. The van der Waals surface area contributed by atoms with Crippen molar-refractivity contribution in [3.63, 3.8) is 0 Å².